The van der Waals surface area contributed by atoms with Gasteiger partial charge in [-0.05, 0) is 94.9 Å². The van der Waals surface area contributed by atoms with Gasteiger partial charge in [0.05, 0.1) is 40.9 Å². The van der Waals surface area contributed by atoms with Crippen LogP contribution in [0.2, 0.25) is 15.1 Å². The van der Waals surface area contributed by atoms with Gasteiger partial charge in [-0.3, -0.25) is 4.79 Å². The van der Waals surface area contributed by atoms with Gasteiger partial charge in [0.15, 0.2) is 17.3 Å². The van der Waals surface area contributed by atoms with E-state index in [-0.39, 0.29) is 23.1 Å². The Hall–Kier alpha value is -3.56. The van der Waals surface area contributed by atoms with Gasteiger partial charge in [0.2, 0.25) is 0 Å². The second-order valence-corrected chi connectivity index (χ2v) is 12.8. The van der Waals surface area contributed by atoms with Crippen LogP contribution in [0.5, 0.6) is 17.2 Å². The molecule has 5 aromatic rings. The molecule has 0 aliphatic rings. The zero-order chi connectivity index (χ0) is 33.1. The van der Waals surface area contributed by atoms with Gasteiger partial charge in [0.1, 0.15) is 17.4 Å². The number of rotatable bonds is 10. The standard InChI is InChI=1S/C35H31BrCl3N3O4/c1-6-45-30-15-22(31(36)32(39)33(30)46-18-21-11-12-26(37)27(38)14-21)17-40-42-34(41-28-10-8-7-9-23(28)35(42)43)25-16-24(19(2)3)29(44-5)13-20(25)4/h7-17,19H,6,18H2,1-5H3. The lowest BCUT2D eigenvalue weighted by molar-refractivity contribution is 0.269. The Morgan fingerprint density at radius 3 is 2.46 bits per heavy atom. The highest BCUT2D eigenvalue weighted by molar-refractivity contribution is 9.10. The van der Waals surface area contributed by atoms with E-state index in [1.165, 1.54) is 4.68 Å². The van der Waals surface area contributed by atoms with Gasteiger partial charge in [-0.1, -0.05) is 66.8 Å². The third-order valence-electron chi connectivity index (χ3n) is 7.33. The van der Waals surface area contributed by atoms with Crippen molar-refractivity contribution in [2.45, 2.75) is 40.2 Å². The van der Waals surface area contributed by atoms with Gasteiger partial charge < -0.3 is 14.2 Å². The van der Waals surface area contributed by atoms with Crippen LogP contribution in [0.15, 0.2) is 75.0 Å². The predicted octanol–water partition coefficient (Wildman–Crippen LogP) is 10.1. The Morgan fingerprint density at radius 2 is 1.76 bits per heavy atom. The molecule has 0 bridgehead atoms. The van der Waals surface area contributed by atoms with Crippen LogP contribution in [0.25, 0.3) is 22.3 Å². The second kappa shape index (κ2) is 14.5. The minimum atomic E-state index is -0.313. The molecule has 1 aromatic heterocycles. The Labute approximate surface area is 290 Å². The molecule has 1 heterocycles. The molecular weight excluding hydrogens is 713 g/mol. The van der Waals surface area contributed by atoms with Gasteiger partial charge in [-0.2, -0.15) is 9.78 Å². The summed E-state index contributed by atoms with van der Waals surface area (Å²) in [5, 5.41) is 6.28. The quantitative estimate of drug-likeness (QED) is 0.133. The molecule has 11 heteroatoms. The van der Waals surface area contributed by atoms with E-state index in [9.17, 15) is 4.79 Å². The van der Waals surface area contributed by atoms with Crippen molar-refractivity contribution < 1.29 is 14.2 Å². The number of methoxy groups -OCH3 is 1. The van der Waals surface area contributed by atoms with Crippen LogP contribution in [0, 0.1) is 6.92 Å². The van der Waals surface area contributed by atoms with Crippen molar-refractivity contribution in [2.24, 2.45) is 5.10 Å². The number of para-hydroxylation sites is 1. The lowest BCUT2D eigenvalue weighted by Gasteiger charge is -2.18. The Bertz CT molecular complexity index is 2030. The number of halogens is 4. The van der Waals surface area contributed by atoms with Crippen molar-refractivity contribution in [2.75, 3.05) is 13.7 Å². The summed E-state index contributed by atoms with van der Waals surface area (Å²) in [6.45, 7) is 8.54. The third kappa shape index (κ3) is 6.91. The average Bonchev–Trinajstić information content (AvgIpc) is 3.04. The van der Waals surface area contributed by atoms with Crippen LogP contribution in [0.1, 0.15) is 48.9 Å². The molecule has 46 heavy (non-hydrogen) atoms. The number of ether oxygens (including phenoxy) is 3. The number of benzene rings is 4. The SMILES string of the molecule is CCOc1cc(C=Nn2c(-c3cc(C(C)C)c(OC)cc3C)nc3ccccc3c2=O)c(Br)c(Cl)c1OCc1ccc(Cl)c(Cl)c1. The molecule has 0 radical (unpaired) electrons. The summed E-state index contributed by atoms with van der Waals surface area (Å²) in [6.07, 6.45) is 1.55. The van der Waals surface area contributed by atoms with Crippen molar-refractivity contribution in [3.8, 4) is 28.6 Å². The van der Waals surface area contributed by atoms with Crippen molar-refractivity contribution in [1.29, 1.82) is 0 Å². The number of hydrogen-bond acceptors (Lipinski definition) is 6. The first-order valence-corrected chi connectivity index (χ1v) is 16.4. The Morgan fingerprint density at radius 1 is 1.00 bits per heavy atom. The summed E-state index contributed by atoms with van der Waals surface area (Å²) in [5.41, 5.74) is 4.28. The monoisotopic (exact) mass is 741 g/mol. The summed E-state index contributed by atoms with van der Waals surface area (Å²) in [7, 11) is 1.65. The first kappa shape index (κ1) is 33.8. The van der Waals surface area contributed by atoms with Crippen molar-refractivity contribution in [3.63, 3.8) is 0 Å². The summed E-state index contributed by atoms with van der Waals surface area (Å²) >= 11 is 22.7. The molecule has 0 amide bonds. The fourth-order valence-electron chi connectivity index (χ4n) is 4.97. The molecule has 0 spiro atoms. The number of hydrogen-bond donors (Lipinski definition) is 0. The van der Waals surface area contributed by atoms with Crippen LogP contribution in [0.3, 0.4) is 0 Å². The molecule has 0 fully saturated rings. The number of fused-ring (bicyclic) bond motifs is 1. The molecule has 0 aliphatic carbocycles. The molecule has 4 aromatic carbocycles. The van der Waals surface area contributed by atoms with E-state index in [0.29, 0.717) is 54.9 Å². The lowest BCUT2D eigenvalue weighted by Crippen LogP contribution is -2.21. The normalized spacial score (nSPS) is 11.5. The van der Waals surface area contributed by atoms with Gasteiger partial charge in [0.25, 0.3) is 5.56 Å². The minimum Gasteiger partial charge on any atom is -0.496 e. The van der Waals surface area contributed by atoms with E-state index in [1.54, 1.807) is 43.7 Å². The number of nitrogens with zero attached hydrogens (tertiary/aromatic N) is 3. The maximum atomic E-state index is 13.9. The van der Waals surface area contributed by atoms with E-state index in [4.69, 9.17) is 54.0 Å². The highest BCUT2D eigenvalue weighted by atomic mass is 79.9. The zero-order valence-corrected chi connectivity index (χ0v) is 29.7. The number of aryl methyl sites for hydroxylation is 1. The molecule has 238 valence electrons. The highest BCUT2D eigenvalue weighted by Gasteiger charge is 2.20. The fraction of sp³-hybridized carbons (Fsp3) is 0.229. The van der Waals surface area contributed by atoms with Crippen LogP contribution in [-0.2, 0) is 6.61 Å². The lowest BCUT2D eigenvalue weighted by atomic mass is 9.96. The van der Waals surface area contributed by atoms with Crippen LogP contribution >= 0.6 is 50.7 Å². The maximum absolute atomic E-state index is 13.9. The first-order chi connectivity index (χ1) is 22.0. The van der Waals surface area contributed by atoms with E-state index in [0.717, 1.165) is 28.0 Å². The van der Waals surface area contributed by atoms with E-state index < -0.39 is 0 Å². The van der Waals surface area contributed by atoms with Gasteiger partial charge >= 0.3 is 0 Å². The smallest absolute Gasteiger partial charge is 0.282 e. The first-order valence-electron chi connectivity index (χ1n) is 14.5. The molecule has 0 atom stereocenters. The van der Waals surface area contributed by atoms with Gasteiger partial charge in [0, 0.05) is 15.6 Å². The summed E-state index contributed by atoms with van der Waals surface area (Å²) in [4.78, 5) is 18.8. The van der Waals surface area contributed by atoms with Crippen LogP contribution < -0.4 is 19.8 Å². The highest BCUT2D eigenvalue weighted by Crippen LogP contribution is 2.43. The van der Waals surface area contributed by atoms with Gasteiger partial charge in [-0.15, -0.1) is 0 Å². The molecule has 0 saturated carbocycles. The summed E-state index contributed by atoms with van der Waals surface area (Å²) in [6, 6.07) is 18.2. The van der Waals surface area contributed by atoms with Crippen molar-refractivity contribution in [1.82, 2.24) is 9.66 Å². The second-order valence-electron chi connectivity index (χ2n) is 10.8. The van der Waals surface area contributed by atoms with E-state index in [2.05, 4.69) is 34.9 Å². The summed E-state index contributed by atoms with van der Waals surface area (Å²) in [5.74, 6) is 2.10. The summed E-state index contributed by atoms with van der Waals surface area (Å²) < 4.78 is 19.5. The molecule has 0 N–H and O–H groups in total. The van der Waals surface area contributed by atoms with E-state index in [1.807, 2.05) is 44.2 Å². The van der Waals surface area contributed by atoms with Crippen LogP contribution in [0.4, 0.5) is 0 Å². The van der Waals surface area contributed by atoms with E-state index >= 15 is 0 Å². The average molecular weight is 744 g/mol. The van der Waals surface area contributed by atoms with Crippen LogP contribution in [-0.4, -0.2) is 29.6 Å². The maximum Gasteiger partial charge on any atom is 0.282 e. The molecule has 0 saturated heterocycles. The molecule has 0 aliphatic heterocycles. The zero-order valence-electron chi connectivity index (χ0n) is 25.8. The predicted molar refractivity (Wildman–Crippen MR) is 191 cm³/mol. The molecular formula is C35H31BrCl3N3O4. The number of aromatic nitrogens is 2. The fourth-order valence-corrected chi connectivity index (χ4v) is 5.95. The largest absolute Gasteiger partial charge is 0.496 e. The Kier molecular flexibility index (Phi) is 10.6. The minimum absolute atomic E-state index is 0.172. The third-order valence-corrected chi connectivity index (χ3v) is 9.51. The van der Waals surface area contributed by atoms with Crippen molar-refractivity contribution in [3.05, 3.63) is 113 Å². The van der Waals surface area contributed by atoms with Gasteiger partial charge in [-0.25, -0.2) is 4.98 Å². The molecule has 0 unspecified atom stereocenters. The van der Waals surface area contributed by atoms with Crippen molar-refractivity contribution >= 4 is 67.9 Å². The molecule has 5 rings (SSSR count). The molecule has 7 nitrogen and oxygen atoms in total. The topological polar surface area (TPSA) is 74.9 Å². The Balaban J connectivity index is 1.62.